The van der Waals surface area contributed by atoms with Crippen molar-refractivity contribution in [1.29, 1.82) is 0 Å². The van der Waals surface area contributed by atoms with Crippen LogP contribution in [0.25, 0.3) is 10.9 Å². The van der Waals surface area contributed by atoms with Crippen LogP contribution in [0.1, 0.15) is 29.9 Å². The number of ketones is 1. The molecule has 0 N–H and O–H groups in total. The van der Waals surface area contributed by atoms with Crippen LogP contribution >= 0.6 is 0 Å². The topological polar surface area (TPSA) is 39.2 Å². The number of carbonyl (C=O) groups excluding carboxylic acids is 1. The molecule has 1 aromatic carbocycles. The van der Waals surface area contributed by atoms with Gasteiger partial charge in [-0.15, -0.1) is 0 Å². The number of benzene rings is 1. The molecular weight excluding hydrogens is 214 g/mol. The molecule has 0 atom stereocenters. The van der Waals surface area contributed by atoms with Gasteiger partial charge in [0.15, 0.2) is 5.78 Å². The molecule has 0 radical (unpaired) electrons. The molecule has 2 rings (SSSR count). The van der Waals surface area contributed by atoms with Gasteiger partial charge in [0, 0.05) is 12.3 Å². The predicted octanol–water partition coefficient (Wildman–Crippen LogP) is 3.14. The Kier molecular flexibility index (Phi) is 3.09. The molecule has 0 bridgehead atoms. The summed E-state index contributed by atoms with van der Waals surface area (Å²) in [5, 5.41) is 1.03. The highest BCUT2D eigenvalue weighted by molar-refractivity contribution is 5.97. The second-order valence-electron chi connectivity index (χ2n) is 3.97. The van der Waals surface area contributed by atoms with Crippen molar-refractivity contribution in [2.24, 2.45) is 0 Å². The maximum atomic E-state index is 11.4. The largest absolute Gasteiger partial charge is 0.492 e. The average molecular weight is 229 g/mol. The van der Waals surface area contributed by atoms with Crippen LogP contribution in [0.15, 0.2) is 24.3 Å². The van der Waals surface area contributed by atoms with Crippen molar-refractivity contribution in [3.63, 3.8) is 0 Å². The van der Waals surface area contributed by atoms with E-state index >= 15 is 0 Å². The summed E-state index contributed by atoms with van der Waals surface area (Å²) in [5.41, 5.74) is 2.29. The first kappa shape index (κ1) is 11.6. The fourth-order valence-electron chi connectivity index (χ4n) is 1.84. The molecule has 0 aliphatic heterocycles. The van der Waals surface area contributed by atoms with E-state index in [1.54, 1.807) is 0 Å². The minimum absolute atomic E-state index is 0.0266. The molecule has 0 fully saturated rings. The summed E-state index contributed by atoms with van der Waals surface area (Å²) in [6.45, 7) is 6.02. The number of Topliss-reactive ketones (excluding diaryl/α,β-unsaturated/α-hetero) is 1. The summed E-state index contributed by atoms with van der Waals surface area (Å²) in [6, 6.07) is 7.63. The summed E-state index contributed by atoms with van der Waals surface area (Å²) in [4.78, 5) is 15.8. The number of aryl methyl sites for hydroxylation is 1. The third-order valence-corrected chi connectivity index (χ3v) is 2.67. The molecule has 3 heteroatoms. The summed E-state index contributed by atoms with van der Waals surface area (Å²) in [5.74, 6) is 0.706. The van der Waals surface area contributed by atoms with Gasteiger partial charge in [-0.05, 0) is 31.5 Å². The molecule has 0 saturated carbocycles. The third-order valence-electron chi connectivity index (χ3n) is 2.67. The van der Waals surface area contributed by atoms with Gasteiger partial charge in [0.25, 0.3) is 0 Å². The summed E-state index contributed by atoms with van der Waals surface area (Å²) in [6.07, 6.45) is 0. The normalized spacial score (nSPS) is 10.5. The van der Waals surface area contributed by atoms with E-state index in [2.05, 4.69) is 4.98 Å². The Labute approximate surface area is 100 Å². The van der Waals surface area contributed by atoms with Crippen LogP contribution in [-0.2, 0) is 0 Å². The Morgan fingerprint density at radius 1 is 1.41 bits per heavy atom. The first-order valence-corrected chi connectivity index (χ1v) is 5.67. The molecule has 0 spiro atoms. The van der Waals surface area contributed by atoms with E-state index in [9.17, 15) is 4.79 Å². The highest BCUT2D eigenvalue weighted by Gasteiger charge is 2.09. The lowest BCUT2D eigenvalue weighted by molar-refractivity contribution is 0.101. The van der Waals surface area contributed by atoms with Gasteiger partial charge < -0.3 is 4.74 Å². The zero-order valence-electron chi connectivity index (χ0n) is 10.3. The Morgan fingerprint density at radius 2 is 2.18 bits per heavy atom. The standard InChI is InChI=1S/C14H15NO2/c1-4-17-13-7-5-6-11-9(2)8-12(10(3)16)15-14(11)13/h5-8H,4H2,1-3H3. The number of hydrogen-bond donors (Lipinski definition) is 0. The lowest BCUT2D eigenvalue weighted by Crippen LogP contribution is -2.00. The maximum Gasteiger partial charge on any atom is 0.178 e. The number of rotatable bonds is 3. The van der Waals surface area contributed by atoms with E-state index in [0.29, 0.717) is 12.3 Å². The second kappa shape index (κ2) is 4.53. The van der Waals surface area contributed by atoms with Gasteiger partial charge in [-0.25, -0.2) is 4.98 Å². The SMILES string of the molecule is CCOc1cccc2c(C)cc(C(C)=O)nc12. The van der Waals surface area contributed by atoms with E-state index in [0.717, 1.165) is 22.2 Å². The van der Waals surface area contributed by atoms with E-state index in [-0.39, 0.29) is 5.78 Å². The Hall–Kier alpha value is -1.90. The van der Waals surface area contributed by atoms with Gasteiger partial charge in [-0.3, -0.25) is 4.79 Å². The van der Waals surface area contributed by atoms with Gasteiger partial charge in [-0.2, -0.15) is 0 Å². The quantitative estimate of drug-likeness (QED) is 0.759. The molecule has 17 heavy (non-hydrogen) atoms. The zero-order valence-corrected chi connectivity index (χ0v) is 10.3. The van der Waals surface area contributed by atoms with Crippen LogP contribution in [0.3, 0.4) is 0 Å². The van der Waals surface area contributed by atoms with Crippen LogP contribution in [0.2, 0.25) is 0 Å². The first-order valence-electron chi connectivity index (χ1n) is 5.67. The molecule has 1 heterocycles. The predicted molar refractivity (Wildman–Crippen MR) is 67.7 cm³/mol. The number of aromatic nitrogens is 1. The van der Waals surface area contributed by atoms with Crippen molar-refractivity contribution in [1.82, 2.24) is 4.98 Å². The van der Waals surface area contributed by atoms with Gasteiger partial charge in [0.05, 0.1) is 6.61 Å². The summed E-state index contributed by atoms with van der Waals surface area (Å²) in [7, 11) is 0. The van der Waals surface area contributed by atoms with Crippen molar-refractivity contribution in [3.05, 3.63) is 35.5 Å². The number of para-hydroxylation sites is 1. The highest BCUT2D eigenvalue weighted by Crippen LogP contribution is 2.26. The number of nitrogens with zero attached hydrogens (tertiary/aromatic N) is 1. The fourth-order valence-corrected chi connectivity index (χ4v) is 1.84. The van der Waals surface area contributed by atoms with Crippen LogP contribution in [0.4, 0.5) is 0 Å². The molecule has 0 aliphatic rings. The lowest BCUT2D eigenvalue weighted by Gasteiger charge is -2.09. The molecular formula is C14H15NO2. The molecule has 0 unspecified atom stereocenters. The Morgan fingerprint density at radius 3 is 2.82 bits per heavy atom. The van der Waals surface area contributed by atoms with Crippen LogP contribution in [-0.4, -0.2) is 17.4 Å². The van der Waals surface area contributed by atoms with Crippen molar-refractivity contribution in [2.75, 3.05) is 6.61 Å². The van der Waals surface area contributed by atoms with Gasteiger partial charge in [-0.1, -0.05) is 12.1 Å². The number of pyridine rings is 1. The second-order valence-corrected chi connectivity index (χ2v) is 3.97. The Bertz CT molecular complexity index is 576. The average Bonchev–Trinajstić information content (AvgIpc) is 2.30. The third kappa shape index (κ3) is 2.13. The van der Waals surface area contributed by atoms with Gasteiger partial charge in [0.1, 0.15) is 17.0 Å². The molecule has 0 aliphatic carbocycles. The van der Waals surface area contributed by atoms with E-state index in [1.807, 2.05) is 38.1 Å². The number of hydrogen-bond acceptors (Lipinski definition) is 3. The number of ether oxygens (including phenoxy) is 1. The van der Waals surface area contributed by atoms with Gasteiger partial charge in [0.2, 0.25) is 0 Å². The van der Waals surface area contributed by atoms with Crippen molar-refractivity contribution >= 4 is 16.7 Å². The van der Waals surface area contributed by atoms with Crippen molar-refractivity contribution in [3.8, 4) is 5.75 Å². The molecule has 2 aromatic rings. The number of carbonyl (C=O) groups is 1. The van der Waals surface area contributed by atoms with Crippen LogP contribution in [0, 0.1) is 6.92 Å². The van der Waals surface area contributed by atoms with E-state index in [4.69, 9.17) is 4.74 Å². The van der Waals surface area contributed by atoms with Crippen molar-refractivity contribution < 1.29 is 9.53 Å². The molecule has 0 amide bonds. The van der Waals surface area contributed by atoms with Crippen molar-refractivity contribution in [2.45, 2.75) is 20.8 Å². The maximum absolute atomic E-state index is 11.4. The smallest absolute Gasteiger partial charge is 0.178 e. The van der Waals surface area contributed by atoms with E-state index < -0.39 is 0 Å². The highest BCUT2D eigenvalue weighted by atomic mass is 16.5. The van der Waals surface area contributed by atoms with Crippen LogP contribution < -0.4 is 4.74 Å². The minimum atomic E-state index is -0.0266. The zero-order chi connectivity index (χ0) is 12.4. The van der Waals surface area contributed by atoms with Crippen LogP contribution in [0.5, 0.6) is 5.75 Å². The molecule has 3 nitrogen and oxygen atoms in total. The molecule has 0 saturated heterocycles. The fraction of sp³-hybridized carbons (Fsp3) is 0.286. The molecule has 88 valence electrons. The first-order chi connectivity index (χ1) is 8.13. The monoisotopic (exact) mass is 229 g/mol. The summed E-state index contributed by atoms with van der Waals surface area (Å²) >= 11 is 0. The number of fused-ring (bicyclic) bond motifs is 1. The summed E-state index contributed by atoms with van der Waals surface area (Å²) < 4.78 is 5.54. The van der Waals surface area contributed by atoms with E-state index in [1.165, 1.54) is 6.92 Å². The van der Waals surface area contributed by atoms with Gasteiger partial charge >= 0.3 is 0 Å². The lowest BCUT2D eigenvalue weighted by atomic mass is 10.1. The minimum Gasteiger partial charge on any atom is -0.492 e. The Balaban J connectivity index is 2.73. The molecule has 1 aromatic heterocycles.